The van der Waals surface area contributed by atoms with Gasteiger partial charge in [-0.25, -0.2) is 0 Å². The van der Waals surface area contributed by atoms with Crippen molar-refractivity contribution >= 4 is 19.5 Å². The molecule has 1 amide bonds. The molecule has 3 N–H and O–H groups in total. The van der Waals surface area contributed by atoms with Crippen molar-refractivity contribution in [3.63, 3.8) is 0 Å². The zero-order valence-electron chi connectivity index (χ0n) is 12.1. The Hall–Kier alpha value is -0.350. The van der Waals surface area contributed by atoms with Crippen molar-refractivity contribution in [2.45, 2.75) is 39.5 Å². The van der Waals surface area contributed by atoms with Crippen LogP contribution in [-0.4, -0.2) is 48.1 Å². The normalized spacial score (nSPS) is 15.8. The van der Waals surface area contributed by atoms with Crippen LogP contribution in [0.5, 0.6) is 0 Å². The maximum absolute atomic E-state index is 11.0. The third-order valence-electron chi connectivity index (χ3n) is 2.99. The van der Waals surface area contributed by atoms with Crippen LogP contribution in [0.15, 0.2) is 0 Å². The molecule has 0 radical (unpaired) electrons. The average molecular weight is 293 g/mol. The molecule has 0 rings (SSSR count). The second-order valence-corrected chi connectivity index (χ2v) is 7.29. The standard InChI is InChI=1S/C13H28NO4P/c1-4-13(16)14-9-7-6-8-12(10-15)11-18-19(3,17)5-2/h12,15,17H,3-11H2,1-2H3,(H,14,16). The number of aliphatic hydroxyl groups is 1. The van der Waals surface area contributed by atoms with Gasteiger partial charge in [-0.15, -0.1) is 0 Å². The van der Waals surface area contributed by atoms with Gasteiger partial charge in [0, 0.05) is 31.7 Å². The summed E-state index contributed by atoms with van der Waals surface area (Å²) >= 11 is 0. The van der Waals surface area contributed by atoms with E-state index in [1.165, 1.54) is 0 Å². The predicted molar refractivity (Wildman–Crippen MR) is 80.5 cm³/mol. The largest absolute Gasteiger partial charge is 0.396 e. The van der Waals surface area contributed by atoms with Gasteiger partial charge in [-0.05, 0) is 12.8 Å². The van der Waals surface area contributed by atoms with Crippen LogP contribution in [0.4, 0.5) is 0 Å². The molecule has 19 heavy (non-hydrogen) atoms. The van der Waals surface area contributed by atoms with Crippen molar-refractivity contribution in [2.24, 2.45) is 5.92 Å². The van der Waals surface area contributed by atoms with Crippen LogP contribution in [0.1, 0.15) is 39.5 Å². The van der Waals surface area contributed by atoms with Gasteiger partial charge in [0.25, 0.3) is 0 Å². The van der Waals surface area contributed by atoms with Crippen molar-refractivity contribution in [2.75, 3.05) is 25.9 Å². The predicted octanol–water partition coefficient (Wildman–Crippen LogP) is 1.60. The Morgan fingerprint density at radius 1 is 1.42 bits per heavy atom. The molecule has 0 fully saturated rings. The van der Waals surface area contributed by atoms with Gasteiger partial charge in [-0.2, -0.15) is 0 Å². The van der Waals surface area contributed by atoms with Gasteiger partial charge < -0.3 is 19.8 Å². The highest BCUT2D eigenvalue weighted by atomic mass is 31.2. The van der Waals surface area contributed by atoms with Crippen LogP contribution < -0.4 is 5.32 Å². The van der Waals surface area contributed by atoms with E-state index in [0.717, 1.165) is 19.3 Å². The minimum absolute atomic E-state index is 0.0294. The molecular formula is C13H28NO4P. The Kier molecular flexibility index (Phi) is 10.2. The lowest BCUT2D eigenvalue weighted by molar-refractivity contribution is -0.120. The number of amides is 1. The van der Waals surface area contributed by atoms with Crippen LogP contribution in [-0.2, 0) is 9.32 Å². The summed E-state index contributed by atoms with van der Waals surface area (Å²) in [5.74, 6) is 0.0959. The molecule has 2 atom stereocenters. The van der Waals surface area contributed by atoms with Gasteiger partial charge >= 0.3 is 0 Å². The number of carbonyl (C=O) groups excluding carboxylic acids is 1. The first kappa shape index (κ1) is 18.7. The third kappa shape index (κ3) is 10.1. The highest BCUT2D eigenvalue weighted by Crippen LogP contribution is 2.40. The minimum Gasteiger partial charge on any atom is -0.396 e. The Morgan fingerprint density at radius 3 is 2.63 bits per heavy atom. The molecule has 0 saturated heterocycles. The van der Waals surface area contributed by atoms with E-state index in [2.05, 4.69) is 11.6 Å². The zero-order valence-corrected chi connectivity index (χ0v) is 13.0. The summed E-state index contributed by atoms with van der Waals surface area (Å²) in [6.07, 6.45) is 7.31. The lowest BCUT2D eigenvalue weighted by Crippen LogP contribution is -2.23. The number of nitrogens with one attached hydrogen (secondary N) is 1. The SMILES string of the molecule is C=P(O)(CC)OCC(CO)CCCCNC(=O)CC. The Balaban J connectivity index is 3.71. The van der Waals surface area contributed by atoms with E-state index in [-0.39, 0.29) is 18.4 Å². The monoisotopic (exact) mass is 293 g/mol. The Morgan fingerprint density at radius 2 is 2.11 bits per heavy atom. The number of hydrogen-bond acceptors (Lipinski definition) is 4. The van der Waals surface area contributed by atoms with E-state index >= 15 is 0 Å². The zero-order chi connectivity index (χ0) is 14.7. The molecule has 0 heterocycles. The molecule has 5 nitrogen and oxygen atoms in total. The smallest absolute Gasteiger partial charge is 0.219 e. The molecule has 0 aromatic heterocycles. The first-order chi connectivity index (χ1) is 8.95. The van der Waals surface area contributed by atoms with Crippen molar-refractivity contribution in [3.05, 3.63) is 0 Å². The number of unbranched alkanes of at least 4 members (excludes halogenated alkanes) is 1. The summed E-state index contributed by atoms with van der Waals surface area (Å²) in [5.41, 5.74) is 0. The molecule has 0 aliphatic rings. The fourth-order valence-corrected chi connectivity index (χ4v) is 2.14. The van der Waals surface area contributed by atoms with Gasteiger partial charge in [-0.1, -0.05) is 26.6 Å². The van der Waals surface area contributed by atoms with Crippen molar-refractivity contribution < 1.29 is 19.3 Å². The molecule has 0 bridgehead atoms. The topological polar surface area (TPSA) is 78.8 Å². The summed E-state index contributed by atoms with van der Waals surface area (Å²) in [6.45, 7) is 4.73. The minimum atomic E-state index is -2.47. The van der Waals surface area contributed by atoms with E-state index in [1.54, 1.807) is 0 Å². The van der Waals surface area contributed by atoms with Crippen molar-refractivity contribution in [1.82, 2.24) is 5.32 Å². The number of aliphatic hydroxyl groups excluding tert-OH is 1. The van der Waals surface area contributed by atoms with Crippen LogP contribution in [0.3, 0.4) is 0 Å². The molecule has 6 heteroatoms. The van der Waals surface area contributed by atoms with E-state index in [1.807, 2.05) is 13.8 Å². The second kappa shape index (κ2) is 10.4. The van der Waals surface area contributed by atoms with Gasteiger partial charge in [0.2, 0.25) is 5.91 Å². The lowest BCUT2D eigenvalue weighted by atomic mass is 10.0. The summed E-state index contributed by atoms with van der Waals surface area (Å²) in [7, 11) is -2.47. The number of carbonyl (C=O) groups is 1. The Labute approximate surface area is 116 Å². The fraction of sp³-hybridized carbons (Fsp3) is 0.846. The molecule has 0 aromatic carbocycles. The third-order valence-corrected chi connectivity index (χ3v) is 4.60. The fourth-order valence-electron chi connectivity index (χ4n) is 1.47. The van der Waals surface area contributed by atoms with Crippen molar-refractivity contribution in [3.8, 4) is 0 Å². The molecule has 0 aliphatic carbocycles. The number of rotatable bonds is 11. The lowest BCUT2D eigenvalue weighted by Gasteiger charge is -2.20. The van der Waals surface area contributed by atoms with Crippen LogP contribution in [0.25, 0.3) is 0 Å². The molecule has 0 spiro atoms. The first-order valence-corrected chi connectivity index (χ1v) is 8.95. The summed E-state index contributed by atoms with van der Waals surface area (Å²) in [5, 5.41) is 12.1. The van der Waals surface area contributed by atoms with Crippen LogP contribution in [0.2, 0.25) is 0 Å². The van der Waals surface area contributed by atoms with E-state index < -0.39 is 7.34 Å². The molecule has 0 aromatic rings. The Bertz CT molecular complexity index is 296. The summed E-state index contributed by atoms with van der Waals surface area (Å²) in [6, 6.07) is 0. The summed E-state index contributed by atoms with van der Waals surface area (Å²) in [4.78, 5) is 20.7. The average Bonchev–Trinajstić information content (AvgIpc) is 2.41. The van der Waals surface area contributed by atoms with Crippen LogP contribution >= 0.6 is 7.34 Å². The first-order valence-electron chi connectivity index (χ1n) is 6.92. The van der Waals surface area contributed by atoms with E-state index in [9.17, 15) is 14.8 Å². The van der Waals surface area contributed by atoms with Gasteiger partial charge in [0.15, 0.2) is 0 Å². The maximum atomic E-state index is 11.0. The maximum Gasteiger partial charge on any atom is 0.219 e. The second-order valence-electron chi connectivity index (χ2n) is 4.71. The van der Waals surface area contributed by atoms with Crippen molar-refractivity contribution in [1.29, 1.82) is 0 Å². The highest BCUT2D eigenvalue weighted by molar-refractivity contribution is 7.63. The molecule has 2 unspecified atom stereocenters. The summed E-state index contributed by atoms with van der Waals surface area (Å²) < 4.78 is 5.37. The van der Waals surface area contributed by atoms with Gasteiger partial charge in [0.05, 0.1) is 6.61 Å². The molecule has 0 saturated carbocycles. The molecular weight excluding hydrogens is 265 g/mol. The van der Waals surface area contributed by atoms with E-state index in [0.29, 0.717) is 25.7 Å². The van der Waals surface area contributed by atoms with E-state index in [4.69, 9.17) is 4.52 Å². The molecule has 0 aliphatic heterocycles. The van der Waals surface area contributed by atoms with Crippen LogP contribution in [0, 0.1) is 5.92 Å². The molecule has 114 valence electrons. The van der Waals surface area contributed by atoms with Gasteiger partial charge in [0.1, 0.15) is 7.34 Å². The highest BCUT2D eigenvalue weighted by Gasteiger charge is 2.13. The number of hydrogen-bond donors (Lipinski definition) is 3. The van der Waals surface area contributed by atoms with Gasteiger partial charge in [-0.3, -0.25) is 4.79 Å². The quantitative estimate of drug-likeness (QED) is 0.399.